The number of fused-ring (bicyclic) bond motifs is 2. The van der Waals surface area contributed by atoms with Crippen molar-refractivity contribution in [1.82, 2.24) is 19.8 Å². The number of hydrogen-bond donors (Lipinski definition) is 1. The van der Waals surface area contributed by atoms with Gasteiger partial charge in [0.15, 0.2) is 11.5 Å². The molecule has 1 fully saturated rings. The summed E-state index contributed by atoms with van der Waals surface area (Å²) >= 11 is 0. The standard InChI is InChI=1S/C27H28N4O2/c1-30-8-10-31(11-9-30)18-19-2-4-20(5-3-19)22-14-23-24(17-29-27(23)28-16-22)21-6-7-25-26(15-21)33-13-12-32-25/h2-7,14-17H,8-13,18H2,1H3,(H,28,29). The largest absolute Gasteiger partial charge is 0.486 e. The van der Waals surface area contributed by atoms with E-state index < -0.39 is 0 Å². The lowest BCUT2D eigenvalue weighted by Gasteiger charge is -2.32. The van der Waals surface area contributed by atoms with Crippen molar-refractivity contribution in [3.8, 4) is 33.8 Å². The van der Waals surface area contributed by atoms with Crippen molar-refractivity contribution in [3.05, 3.63) is 66.5 Å². The first-order valence-corrected chi connectivity index (χ1v) is 11.6. The molecule has 6 rings (SSSR count). The molecule has 0 bridgehead atoms. The van der Waals surface area contributed by atoms with Crippen molar-refractivity contribution in [2.24, 2.45) is 0 Å². The molecule has 168 valence electrons. The normalized spacial score (nSPS) is 16.9. The van der Waals surface area contributed by atoms with E-state index in [1.807, 2.05) is 18.5 Å². The minimum absolute atomic E-state index is 0.584. The van der Waals surface area contributed by atoms with Crippen LogP contribution in [0.4, 0.5) is 0 Å². The highest BCUT2D eigenvalue weighted by molar-refractivity contribution is 5.96. The number of benzene rings is 2. The fourth-order valence-corrected chi connectivity index (χ4v) is 4.68. The van der Waals surface area contributed by atoms with Gasteiger partial charge in [-0.3, -0.25) is 4.90 Å². The summed E-state index contributed by atoms with van der Waals surface area (Å²) in [5.41, 5.74) is 6.74. The van der Waals surface area contributed by atoms with Crippen molar-refractivity contribution in [2.45, 2.75) is 6.54 Å². The summed E-state index contributed by atoms with van der Waals surface area (Å²) in [4.78, 5) is 12.9. The van der Waals surface area contributed by atoms with Crippen molar-refractivity contribution in [3.63, 3.8) is 0 Å². The van der Waals surface area contributed by atoms with Crippen molar-refractivity contribution in [2.75, 3.05) is 46.4 Å². The van der Waals surface area contributed by atoms with E-state index in [1.54, 1.807) is 0 Å². The van der Waals surface area contributed by atoms with E-state index >= 15 is 0 Å². The number of aromatic nitrogens is 2. The summed E-state index contributed by atoms with van der Waals surface area (Å²) in [5, 5.41) is 1.10. The van der Waals surface area contributed by atoms with Crippen LogP contribution in [0, 0.1) is 0 Å². The van der Waals surface area contributed by atoms with Gasteiger partial charge in [-0.05, 0) is 41.9 Å². The Morgan fingerprint density at radius 3 is 2.42 bits per heavy atom. The van der Waals surface area contributed by atoms with Gasteiger partial charge in [0.2, 0.25) is 0 Å². The molecule has 0 amide bonds. The predicted molar refractivity (Wildman–Crippen MR) is 131 cm³/mol. The first kappa shape index (κ1) is 20.3. The van der Waals surface area contributed by atoms with Crippen LogP contribution < -0.4 is 9.47 Å². The summed E-state index contributed by atoms with van der Waals surface area (Å²) < 4.78 is 11.5. The molecule has 0 unspecified atom stereocenters. The Morgan fingerprint density at radius 1 is 0.848 bits per heavy atom. The molecule has 2 aromatic carbocycles. The maximum absolute atomic E-state index is 5.78. The van der Waals surface area contributed by atoms with E-state index in [0.717, 1.165) is 71.9 Å². The van der Waals surface area contributed by atoms with E-state index in [1.165, 1.54) is 11.1 Å². The van der Waals surface area contributed by atoms with Gasteiger partial charge in [0.05, 0.1) is 0 Å². The lowest BCUT2D eigenvalue weighted by Crippen LogP contribution is -2.43. The third kappa shape index (κ3) is 4.08. The molecule has 33 heavy (non-hydrogen) atoms. The third-order valence-electron chi connectivity index (χ3n) is 6.67. The van der Waals surface area contributed by atoms with Gasteiger partial charge in [-0.15, -0.1) is 0 Å². The Balaban J connectivity index is 1.26. The fraction of sp³-hybridized carbons (Fsp3) is 0.296. The van der Waals surface area contributed by atoms with Gasteiger partial charge in [-0.25, -0.2) is 4.98 Å². The minimum Gasteiger partial charge on any atom is -0.486 e. The van der Waals surface area contributed by atoms with Gasteiger partial charge in [0, 0.05) is 61.6 Å². The summed E-state index contributed by atoms with van der Waals surface area (Å²) in [6.45, 7) is 6.75. The van der Waals surface area contributed by atoms with Crippen LogP contribution in [-0.2, 0) is 6.54 Å². The number of H-pyrrole nitrogens is 1. The molecule has 0 radical (unpaired) electrons. The van der Waals surface area contributed by atoms with Crippen LogP contribution in [-0.4, -0.2) is 66.2 Å². The summed E-state index contributed by atoms with van der Waals surface area (Å²) in [5.74, 6) is 1.61. The van der Waals surface area contributed by atoms with E-state index in [-0.39, 0.29) is 0 Å². The second-order valence-electron chi connectivity index (χ2n) is 8.96. The topological polar surface area (TPSA) is 53.6 Å². The van der Waals surface area contributed by atoms with Crippen molar-refractivity contribution >= 4 is 11.0 Å². The molecule has 1 saturated heterocycles. The third-order valence-corrected chi connectivity index (χ3v) is 6.67. The molecule has 6 heteroatoms. The van der Waals surface area contributed by atoms with Crippen molar-refractivity contribution in [1.29, 1.82) is 0 Å². The van der Waals surface area contributed by atoms with Gasteiger partial charge in [-0.2, -0.15) is 0 Å². The van der Waals surface area contributed by atoms with Gasteiger partial charge in [0.25, 0.3) is 0 Å². The zero-order valence-electron chi connectivity index (χ0n) is 18.9. The fourth-order valence-electron chi connectivity index (χ4n) is 4.68. The molecule has 2 aromatic heterocycles. The second kappa shape index (κ2) is 8.54. The summed E-state index contributed by atoms with van der Waals surface area (Å²) in [6, 6.07) is 17.3. The number of likely N-dealkylation sites (N-methyl/N-ethyl adjacent to an activating group) is 1. The lowest BCUT2D eigenvalue weighted by atomic mass is 10.0. The van der Waals surface area contributed by atoms with E-state index in [2.05, 4.69) is 69.3 Å². The highest BCUT2D eigenvalue weighted by Gasteiger charge is 2.16. The van der Waals surface area contributed by atoms with Gasteiger partial charge in [0.1, 0.15) is 18.9 Å². The number of rotatable bonds is 4. The number of nitrogens with one attached hydrogen (secondary N) is 1. The van der Waals surface area contributed by atoms with Crippen LogP contribution in [0.3, 0.4) is 0 Å². The monoisotopic (exact) mass is 440 g/mol. The van der Waals surface area contributed by atoms with Crippen LogP contribution >= 0.6 is 0 Å². The van der Waals surface area contributed by atoms with Crippen LogP contribution in [0.25, 0.3) is 33.3 Å². The molecule has 0 saturated carbocycles. The number of aromatic amines is 1. The zero-order valence-corrected chi connectivity index (χ0v) is 18.9. The Hall–Kier alpha value is -3.35. The second-order valence-corrected chi connectivity index (χ2v) is 8.96. The number of piperazine rings is 1. The molecule has 2 aliphatic heterocycles. The number of pyridine rings is 1. The predicted octanol–water partition coefficient (Wildman–Crippen LogP) is 4.42. The van der Waals surface area contributed by atoms with Crippen LogP contribution in [0.1, 0.15) is 5.56 Å². The van der Waals surface area contributed by atoms with Gasteiger partial charge in [-0.1, -0.05) is 30.3 Å². The Morgan fingerprint density at radius 2 is 1.61 bits per heavy atom. The minimum atomic E-state index is 0.584. The Labute approximate surface area is 193 Å². The SMILES string of the molecule is CN1CCN(Cc2ccc(-c3cnc4[nH]cc(-c5ccc6c(c5)OCCO6)c4c3)cc2)CC1. The number of hydrogen-bond acceptors (Lipinski definition) is 5. The molecule has 0 aliphatic carbocycles. The van der Waals surface area contributed by atoms with Crippen LogP contribution in [0.15, 0.2) is 60.9 Å². The molecule has 4 heterocycles. The van der Waals surface area contributed by atoms with Gasteiger partial charge < -0.3 is 19.4 Å². The number of nitrogens with zero attached hydrogens (tertiary/aromatic N) is 3. The van der Waals surface area contributed by atoms with Crippen LogP contribution in [0.2, 0.25) is 0 Å². The molecular weight excluding hydrogens is 412 g/mol. The Kier molecular flexibility index (Phi) is 5.24. The smallest absolute Gasteiger partial charge is 0.161 e. The van der Waals surface area contributed by atoms with E-state index in [4.69, 9.17) is 9.47 Å². The van der Waals surface area contributed by atoms with E-state index in [0.29, 0.717) is 13.2 Å². The first-order chi connectivity index (χ1) is 16.2. The molecule has 4 aromatic rings. The lowest BCUT2D eigenvalue weighted by molar-refractivity contribution is 0.148. The first-order valence-electron chi connectivity index (χ1n) is 11.6. The maximum Gasteiger partial charge on any atom is 0.161 e. The maximum atomic E-state index is 5.78. The van der Waals surface area contributed by atoms with Crippen molar-refractivity contribution < 1.29 is 9.47 Å². The highest BCUT2D eigenvalue weighted by Crippen LogP contribution is 2.37. The van der Waals surface area contributed by atoms with Crippen LogP contribution in [0.5, 0.6) is 11.5 Å². The quantitative estimate of drug-likeness (QED) is 0.509. The molecular formula is C27H28N4O2. The number of ether oxygens (including phenoxy) is 2. The average Bonchev–Trinajstić information content (AvgIpc) is 3.29. The summed E-state index contributed by atoms with van der Waals surface area (Å²) in [6.07, 6.45) is 3.97. The zero-order chi connectivity index (χ0) is 22.2. The average molecular weight is 441 g/mol. The van der Waals surface area contributed by atoms with Gasteiger partial charge >= 0.3 is 0 Å². The molecule has 1 N–H and O–H groups in total. The molecule has 6 nitrogen and oxygen atoms in total. The molecule has 0 spiro atoms. The van der Waals surface area contributed by atoms with E-state index in [9.17, 15) is 0 Å². The molecule has 0 atom stereocenters. The highest BCUT2D eigenvalue weighted by atomic mass is 16.6. The summed E-state index contributed by atoms with van der Waals surface area (Å²) in [7, 11) is 2.20. The Bertz CT molecular complexity index is 1270. The molecule has 2 aliphatic rings.